The quantitative estimate of drug-likeness (QED) is 0.735. The molecule has 1 aliphatic carbocycles. The number of halogens is 1. The molecule has 0 bridgehead atoms. The van der Waals surface area contributed by atoms with Crippen LogP contribution in [0, 0.1) is 5.92 Å². The molecular formula is C11H15BrN2O. The fourth-order valence-corrected chi connectivity index (χ4v) is 3.52. The molecule has 1 aliphatic heterocycles. The Morgan fingerprint density at radius 3 is 3.07 bits per heavy atom. The maximum absolute atomic E-state index is 5.95. The van der Waals surface area contributed by atoms with Gasteiger partial charge in [0.05, 0.1) is 22.5 Å². The summed E-state index contributed by atoms with van der Waals surface area (Å²) in [7, 11) is 1.99. The maximum atomic E-state index is 5.95. The third-order valence-electron chi connectivity index (χ3n) is 3.74. The first-order chi connectivity index (χ1) is 7.13. The van der Waals surface area contributed by atoms with Crippen molar-refractivity contribution >= 4 is 15.9 Å². The third-order valence-corrected chi connectivity index (χ3v) is 4.32. The normalized spacial score (nSPS) is 38.9. The minimum Gasteiger partial charge on any atom is -0.359 e. The molecule has 4 heteroatoms. The van der Waals surface area contributed by atoms with Gasteiger partial charge in [-0.15, -0.1) is 0 Å². The lowest BCUT2D eigenvalue weighted by Gasteiger charge is -2.22. The van der Waals surface area contributed by atoms with Crippen molar-refractivity contribution in [2.24, 2.45) is 13.0 Å². The molecule has 0 radical (unpaired) electrons. The molecule has 3 nitrogen and oxygen atoms in total. The van der Waals surface area contributed by atoms with Gasteiger partial charge in [0.15, 0.2) is 0 Å². The average molecular weight is 271 g/mol. The number of fused-ring (bicyclic) bond motifs is 1. The third kappa shape index (κ3) is 1.31. The Labute approximate surface area is 97.9 Å². The predicted molar refractivity (Wildman–Crippen MR) is 60.5 cm³/mol. The molecule has 0 spiro atoms. The number of rotatable bonds is 1. The van der Waals surface area contributed by atoms with Gasteiger partial charge < -0.3 is 4.74 Å². The van der Waals surface area contributed by atoms with E-state index in [1.807, 2.05) is 17.9 Å². The van der Waals surface area contributed by atoms with E-state index in [0.29, 0.717) is 6.10 Å². The Balaban J connectivity index is 1.96. The SMILES string of the molecule is C[C@@H]1CC[C@@]2(c3c(Br)cnn3C)O[C@@H]2C1. The fourth-order valence-electron chi connectivity index (χ4n) is 2.84. The second-order valence-corrected chi connectivity index (χ2v) is 5.69. The highest BCUT2D eigenvalue weighted by molar-refractivity contribution is 9.10. The van der Waals surface area contributed by atoms with Crippen LogP contribution in [0.5, 0.6) is 0 Å². The molecule has 1 aromatic heterocycles. The van der Waals surface area contributed by atoms with Crippen LogP contribution in [-0.4, -0.2) is 15.9 Å². The Hall–Kier alpha value is -0.350. The van der Waals surface area contributed by atoms with Crippen molar-refractivity contribution in [3.8, 4) is 0 Å². The van der Waals surface area contributed by atoms with E-state index in [-0.39, 0.29) is 5.60 Å². The maximum Gasteiger partial charge on any atom is 0.137 e. The molecule has 0 amide bonds. The van der Waals surface area contributed by atoms with Crippen LogP contribution in [0.2, 0.25) is 0 Å². The molecule has 1 saturated carbocycles. The summed E-state index contributed by atoms with van der Waals surface area (Å²) in [6.07, 6.45) is 5.87. The second-order valence-electron chi connectivity index (χ2n) is 4.84. The molecule has 0 N–H and O–H groups in total. The van der Waals surface area contributed by atoms with E-state index in [0.717, 1.165) is 16.8 Å². The number of hydrogen-bond acceptors (Lipinski definition) is 2. The van der Waals surface area contributed by atoms with Gasteiger partial charge in [-0.1, -0.05) is 6.92 Å². The van der Waals surface area contributed by atoms with Gasteiger partial charge in [0.25, 0.3) is 0 Å². The largest absolute Gasteiger partial charge is 0.359 e. The summed E-state index contributed by atoms with van der Waals surface area (Å²) in [5.74, 6) is 0.803. The zero-order valence-corrected chi connectivity index (χ0v) is 10.6. The summed E-state index contributed by atoms with van der Waals surface area (Å²) < 4.78 is 8.98. The van der Waals surface area contributed by atoms with Crippen molar-refractivity contribution < 1.29 is 4.74 Å². The lowest BCUT2D eigenvalue weighted by molar-refractivity contribution is 0.272. The summed E-state index contributed by atoms with van der Waals surface area (Å²) in [4.78, 5) is 0. The highest BCUT2D eigenvalue weighted by atomic mass is 79.9. The summed E-state index contributed by atoms with van der Waals surface area (Å²) in [6, 6.07) is 0. The van der Waals surface area contributed by atoms with Crippen molar-refractivity contribution in [3.63, 3.8) is 0 Å². The van der Waals surface area contributed by atoms with Crippen LogP contribution in [0.15, 0.2) is 10.7 Å². The fraction of sp³-hybridized carbons (Fsp3) is 0.727. The molecule has 15 heavy (non-hydrogen) atoms. The van der Waals surface area contributed by atoms with Crippen molar-refractivity contribution in [2.45, 2.75) is 37.9 Å². The van der Waals surface area contributed by atoms with E-state index in [4.69, 9.17) is 4.74 Å². The van der Waals surface area contributed by atoms with Crippen LogP contribution in [0.25, 0.3) is 0 Å². The first kappa shape index (κ1) is 9.85. The Morgan fingerprint density at radius 2 is 2.47 bits per heavy atom. The molecular weight excluding hydrogens is 256 g/mol. The highest BCUT2D eigenvalue weighted by Gasteiger charge is 2.61. The van der Waals surface area contributed by atoms with Gasteiger partial charge in [-0.3, -0.25) is 4.68 Å². The summed E-state index contributed by atoms with van der Waals surface area (Å²) in [6.45, 7) is 2.31. The smallest absolute Gasteiger partial charge is 0.137 e. The number of ether oxygens (including phenoxy) is 1. The van der Waals surface area contributed by atoms with E-state index >= 15 is 0 Å². The molecule has 0 unspecified atom stereocenters. The van der Waals surface area contributed by atoms with Gasteiger partial charge >= 0.3 is 0 Å². The van der Waals surface area contributed by atoms with E-state index in [1.54, 1.807) is 0 Å². The molecule has 82 valence electrons. The van der Waals surface area contributed by atoms with Gasteiger partial charge in [0.2, 0.25) is 0 Å². The van der Waals surface area contributed by atoms with Crippen LogP contribution in [-0.2, 0) is 17.4 Å². The van der Waals surface area contributed by atoms with Crippen LogP contribution in [0.4, 0.5) is 0 Å². The molecule has 2 heterocycles. The monoisotopic (exact) mass is 270 g/mol. The lowest BCUT2D eigenvalue weighted by atomic mass is 9.81. The van der Waals surface area contributed by atoms with Gasteiger partial charge in [0, 0.05) is 7.05 Å². The second kappa shape index (κ2) is 3.08. The van der Waals surface area contributed by atoms with E-state index in [1.165, 1.54) is 18.5 Å². The lowest BCUT2D eigenvalue weighted by Crippen LogP contribution is -2.24. The molecule has 1 aromatic rings. The number of aryl methyl sites for hydroxylation is 1. The molecule has 3 atom stereocenters. The van der Waals surface area contributed by atoms with Gasteiger partial charge in [-0.05, 0) is 41.1 Å². The number of epoxide rings is 1. The van der Waals surface area contributed by atoms with Crippen LogP contribution in [0.3, 0.4) is 0 Å². The summed E-state index contributed by atoms with van der Waals surface area (Å²) in [5, 5.41) is 4.27. The minimum absolute atomic E-state index is 0.0173. The first-order valence-corrected chi connectivity index (χ1v) is 6.28. The molecule has 2 aliphatic rings. The Kier molecular flexibility index (Phi) is 2.02. The van der Waals surface area contributed by atoms with Gasteiger partial charge in [-0.25, -0.2) is 0 Å². The molecule has 2 fully saturated rings. The Morgan fingerprint density at radius 1 is 1.67 bits per heavy atom. The summed E-state index contributed by atoms with van der Waals surface area (Å²) >= 11 is 3.57. The zero-order chi connectivity index (χ0) is 10.6. The van der Waals surface area contributed by atoms with Crippen molar-refractivity contribution in [1.82, 2.24) is 9.78 Å². The standard InChI is InChI=1S/C11H15BrN2O/c1-7-3-4-11(9(5-7)15-11)10-8(12)6-13-14(10)2/h6-7,9H,3-5H2,1-2H3/t7-,9-,11-/m1/s1. The topological polar surface area (TPSA) is 30.4 Å². The number of hydrogen-bond donors (Lipinski definition) is 0. The van der Waals surface area contributed by atoms with Crippen molar-refractivity contribution in [3.05, 3.63) is 16.4 Å². The molecule has 0 aromatic carbocycles. The van der Waals surface area contributed by atoms with Gasteiger partial charge in [0.1, 0.15) is 5.60 Å². The first-order valence-electron chi connectivity index (χ1n) is 5.49. The van der Waals surface area contributed by atoms with E-state index in [2.05, 4.69) is 28.0 Å². The molecule has 3 rings (SSSR count). The van der Waals surface area contributed by atoms with Crippen LogP contribution in [0.1, 0.15) is 31.9 Å². The van der Waals surface area contributed by atoms with Crippen molar-refractivity contribution in [1.29, 1.82) is 0 Å². The predicted octanol–water partition coefficient (Wildman–Crippen LogP) is 2.60. The van der Waals surface area contributed by atoms with E-state index < -0.39 is 0 Å². The minimum atomic E-state index is -0.0173. The van der Waals surface area contributed by atoms with Crippen LogP contribution >= 0.6 is 15.9 Å². The highest BCUT2D eigenvalue weighted by Crippen LogP contribution is 2.57. The summed E-state index contributed by atoms with van der Waals surface area (Å²) in [5.41, 5.74) is 1.20. The number of aromatic nitrogens is 2. The zero-order valence-electron chi connectivity index (χ0n) is 9.03. The average Bonchev–Trinajstić information content (AvgIpc) is 2.79. The Bertz CT molecular complexity index is 384. The number of nitrogens with zero attached hydrogens (tertiary/aromatic N) is 2. The van der Waals surface area contributed by atoms with Gasteiger partial charge in [-0.2, -0.15) is 5.10 Å². The molecule has 1 saturated heterocycles. The van der Waals surface area contributed by atoms with Crippen LogP contribution < -0.4 is 0 Å². The van der Waals surface area contributed by atoms with Crippen molar-refractivity contribution in [2.75, 3.05) is 0 Å². The van der Waals surface area contributed by atoms with E-state index in [9.17, 15) is 0 Å².